The van der Waals surface area contributed by atoms with Crippen LogP contribution in [0.5, 0.6) is 5.75 Å². The number of hydrogen-bond acceptors (Lipinski definition) is 5. The lowest BCUT2D eigenvalue weighted by atomic mass is 10.2. The van der Waals surface area contributed by atoms with Crippen molar-refractivity contribution >= 4 is 15.9 Å². The molecule has 1 aromatic carbocycles. The molecule has 0 amide bonds. The van der Waals surface area contributed by atoms with Gasteiger partial charge in [-0.25, -0.2) is 0 Å². The maximum absolute atomic E-state index is 9.69. The van der Waals surface area contributed by atoms with Crippen molar-refractivity contribution < 1.29 is 20.1 Å². The Balaban J connectivity index is 2.28. The summed E-state index contributed by atoms with van der Waals surface area (Å²) in [5.74, 6) is 0.681. The monoisotopic (exact) mass is 333 g/mol. The zero-order valence-electron chi connectivity index (χ0n) is 10.8. The molecule has 0 aromatic heterocycles. The summed E-state index contributed by atoms with van der Waals surface area (Å²) >= 11 is 3.40. The van der Waals surface area contributed by atoms with Crippen LogP contribution in [-0.4, -0.2) is 53.8 Å². The lowest BCUT2D eigenvalue weighted by molar-refractivity contribution is 0.0793. The van der Waals surface area contributed by atoms with Crippen molar-refractivity contribution in [1.29, 1.82) is 0 Å². The van der Waals surface area contributed by atoms with E-state index in [1.807, 2.05) is 25.1 Å². The Kier molecular flexibility index (Phi) is 7.33. The van der Waals surface area contributed by atoms with E-state index >= 15 is 0 Å². The predicted octanol–water partition coefficient (Wildman–Crippen LogP) is 0.440. The summed E-state index contributed by atoms with van der Waals surface area (Å²) < 4.78 is 6.34. The number of aliphatic hydroxyl groups excluding tert-OH is 3. The van der Waals surface area contributed by atoms with Gasteiger partial charge in [0, 0.05) is 13.1 Å². The van der Waals surface area contributed by atoms with Crippen molar-refractivity contribution in [3.05, 3.63) is 28.2 Å². The van der Waals surface area contributed by atoms with Gasteiger partial charge in [-0.1, -0.05) is 6.07 Å². The lowest BCUT2D eigenvalue weighted by Gasteiger charge is -2.15. The zero-order chi connectivity index (χ0) is 14.3. The fraction of sp³-hybridized carbons (Fsp3) is 0.538. The highest BCUT2D eigenvalue weighted by Crippen LogP contribution is 2.25. The molecule has 0 heterocycles. The van der Waals surface area contributed by atoms with Gasteiger partial charge in [0.05, 0.1) is 17.2 Å². The second-order valence-electron chi connectivity index (χ2n) is 4.39. The third-order valence-corrected chi connectivity index (χ3v) is 3.11. The minimum absolute atomic E-state index is 0.157. The van der Waals surface area contributed by atoms with Gasteiger partial charge in [-0.05, 0) is 40.5 Å². The molecule has 6 heteroatoms. The molecule has 0 radical (unpaired) electrons. The first-order chi connectivity index (χ1) is 9.02. The number of halogens is 1. The van der Waals surface area contributed by atoms with E-state index < -0.39 is 12.2 Å². The van der Waals surface area contributed by atoms with Crippen LogP contribution in [0.3, 0.4) is 0 Å². The summed E-state index contributed by atoms with van der Waals surface area (Å²) in [4.78, 5) is 0. The van der Waals surface area contributed by atoms with E-state index in [-0.39, 0.29) is 19.8 Å². The topological polar surface area (TPSA) is 82.0 Å². The number of benzene rings is 1. The van der Waals surface area contributed by atoms with Gasteiger partial charge < -0.3 is 25.4 Å². The van der Waals surface area contributed by atoms with E-state index in [0.29, 0.717) is 12.3 Å². The molecule has 2 unspecified atom stereocenters. The largest absolute Gasteiger partial charge is 0.490 e. The first-order valence-corrected chi connectivity index (χ1v) is 6.89. The Labute approximate surface area is 121 Å². The van der Waals surface area contributed by atoms with Crippen LogP contribution < -0.4 is 10.1 Å². The van der Waals surface area contributed by atoms with Crippen molar-refractivity contribution in [2.75, 3.05) is 26.3 Å². The summed E-state index contributed by atoms with van der Waals surface area (Å²) in [5, 5.41) is 30.3. The lowest BCUT2D eigenvalue weighted by Crippen LogP contribution is -2.37. The molecule has 0 saturated carbocycles. The Bertz CT molecular complexity index is 389. The fourth-order valence-corrected chi connectivity index (χ4v) is 2.06. The summed E-state index contributed by atoms with van der Waals surface area (Å²) in [5.41, 5.74) is 1.12. The van der Waals surface area contributed by atoms with Crippen molar-refractivity contribution in [2.24, 2.45) is 0 Å². The van der Waals surface area contributed by atoms with Crippen molar-refractivity contribution in [1.82, 2.24) is 5.32 Å². The second-order valence-corrected chi connectivity index (χ2v) is 5.25. The summed E-state index contributed by atoms with van der Waals surface area (Å²) in [7, 11) is 0. The van der Waals surface area contributed by atoms with E-state index in [4.69, 9.17) is 14.9 Å². The molecular weight excluding hydrogens is 314 g/mol. The smallest absolute Gasteiger partial charge is 0.133 e. The van der Waals surface area contributed by atoms with Gasteiger partial charge in [0.15, 0.2) is 0 Å². The van der Waals surface area contributed by atoms with Crippen LogP contribution in [0, 0.1) is 6.92 Å². The van der Waals surface area contributed by atoms with Crippen LogP contribution in [0.4, 0.5) is 0 Å². The number of aryl methyl sites for hydroxylation is 1. The van der Waals surface area contributed by atoms with Crippen LogP contribution in [0.1, 0.15) is 5.56 Å². The van der Waals surface area contributed by atoms with Gasteiger partial charge >= 0.3 is 0 Å². The average Bonchev–Trinajstić information content (AvgIpc) is 2.37. The molecule has 0 saturated heterocycles. The number of nitrogens with one attached hydrogen (secondary N) is 1. The van der Waals surface area contributed by atoms with Crippen LogP contribution in [0.15, 0.2) is 22.7 Å². The highest BCUT2D eigenvalue weighted by atomic mass is 79.9. The third-order valence-electron chi connectivity index (χ3n) is 2.49. The molecule has 0 aliphatic carbocycles. The van der Waals surface area contributed by atoms with Gasteiger partial charge in [0.1, 0.15) is 18.5 Å². The van der Waals surface area contributed by atoms with E-state index in [0.717, 1.165) is 10.0 Å². The SMILES string of the molecule is Cc1ccc(OCC(O)CNCC(O)CO)c(Br)c1. The molecule has 5 nitrogen and oxygen atoms in total. The quantitative estimate of drug-likeness (QED) is 0.555. The zero-order valence-corrected chi connectivity index (χ0v) is 12.4. The summed E-state index contributed by atoms with van der Waals surface area (Å²) in [6, 6.07) is 5.72. The van der Waals surface area contributed by atoms with Crippen LogP contribution in [-0.2, 0) is 0 Å². The van der Waals surface area contributed by atoms with Gasteiger partial charge in [-0.3, -0.25) is 0 Å². The Hall–Kier alpha value is -0.660. The molecule has 4 N–H and O–H groups in total. The van der Waals surface area contributed by atoms with E-state index in [1.165, 1.54) is 0 Å². The van der Waals surface area contributed by atoms with Crippen molar-refractivity contribution in [3.8, 4) is 5.75 Å². The standard InChI is InChI=1S/C13H20BrNO4/c1-9-2-3-13(12(14)4-9)19-8-11(18)6-15-5-10(17)7-16/h2-4,10-11,15-18H,5-8H2,1H3. The molecular formula is C13H20BrNO4. The third kappa shape index (κ3) is 6.35. The summed E-state index contributed by atoms with van der Waals surface area (Å²) in [6.45, 7) is 2.38. The Morgan fingerprint density at radius 1 is 1.26 bits per heavy atom. The van der Waals surface area contributed by atoms with Gasteiger partial charge in [-0.15, -0.1) is 0 Å². The normalized spacial score (nSPS) is 14.2. The minimum atomic E-state index is -0.806. The molecule has 0 spiro atoms. The molecule has 0 fully saturated rings. The van der Waals surface area contributed by atoms with E-state index in [1.54, 1.807) is 0 Å². The van der Waals surface area contributed by atoms with Crippen LogP contribution in [0.25, 0.3) is 0 Å². The summed E-state index contributed by atoms with van der Waals surface area (Å²) in [6.07, 6.45) is -1.49. The molecule has 0 aliphatic heterocycles. The number of aliphatic hydroxyl groups is 3. The fourth-order valence-electron chi connectivity index (χ4n) is 1.45. The maximum Gasteiger partial charge on any atom is 0.133 e. The average molecular weight is 334 g/mol. The first-order valence-electron chi connectivity index (χ1n) is 6.09. The molecule has 108 valence electrons. The first kappa shape index (κ1) is 16.4. The van der Waals surface area contributed by atoms with Crippen LogP contribution >= 0.6 is 15.9 Å². The molecule has 2 atom stereocenters. The Morgan fingerprint density at radius 2 is 1.95 bits per heavy atom. The van der Waals surface area contributed by atoms with Crippen molar-refractivity contribution in [3.63, 3.8) is 0 Å². The molecule has 19 heavy (non-hydrogen) atoms. The second kappa shape index (κ2) is 8.50. The van der Waals surface area contributed by atoms with Gasteiger partial charge in [0.25, 0.3) is 0 Å². The number of hydrogen-bond donors (Lipinski definition) is 4. The van der Waals surface area contributed by atoms with E-state index in [2.05, 4.69) is 21.2 Å². The highest BCUT2D eigenvalue weighted by Gasteiger charge is 2.08. The predicted molar refractivity (Wildman–Crippen MR) is 76.3 cm³/mol. The van der Waals surface area contributed by atoms with Crippen molar-refractivity contribution in [2.45, 2.75) is 19.1 Å². The van der Waals surface area contributed by atoms with Gasteiger partial charge in [0.2, 0.25) is 0 Å². The molecule has 1 aromatic rings. The number of ether oxygens (including phenoxy) is 1. The molecule has 0 aliphatic rings. The Morgan fingerprint density at radius 3 is 2.58 bits per heavy atom. The minimum Gasteiger partial charge on any atom is -0.490 e. The maximum atomic E-state index is 9.69. The van der Waals surface area contributed by atoms with Crippen LogP contribution in [0.2, 0.25) is 0 Å². The molecule has 1 rings (SSSR count). The molecule has 0 bridgehead atoms. The number of rotatable bonds is 8. The van der Waals surface area contributed by atoms with Gasteiger partial charge in [-0.2, -0.15) is 0 Å². The highest BCUT2D eigenvalue weighted by molar-refractivity contribution is 9.10. The van der Waals surface area contributed by atoms with E-state index in [9.17, 15) is 5.11 Å².